The first-order valence-corrected chi connectivity index (χ1v) is 4.81. The van der Waals surface area contributed by atoms with Gasteiger partial charge in [0.05, 0.1) is 0 Å². The van der Waals surface area contributed by atoms with Crippen molar-refractivity contribution < 1.29 is 5.11 Å². The second-order valence-electron chi connectivity index (χ2n) is 4.34. The molecule has 0 aromatic heterocycles. The predicted molar refractivity (Wildman–Crippen MR) is 47.4 cm³/mol. The first-order valence-electron chi connectivity index (χ1n) is 4.81. The molecule has 2 unspecified atom stereocenters. The summed E-state index contributed by atoms with van der Waals surface area (Å²) in [7, 11) is 0. The van der Waals surface area contributed by atoms with E-state index >= 15 is 0 Å². The minimum absolute atomic E-state index is 0.249. The highest BCUT2D eigenvalue weighted by molar-refractivity contribution is 4.81. The quantitative estimate of drug-likeness (QED) is 0.651. The van der Waals surface area contributed by atoms with Gasteiger partial charge in [-0.3, -0.25) is 0 Å². The molecule has 2 atom stereocenters. The van der Waals surface area contributed by atoms with E-state index in [0.29, 0.717) is 6.61 Å². The zero-order valence-corrected chi connectivity index (χ0v) is 7.77. The fraction of sp³-hybridized carbons (Fsp3) is 1.00. The first-order chi connectivity index (χ1) is 5.20. The molecule has 1 aliphatic carbocycles. The third kappa shape index (κ3) is 2.19. The lowest BCUT2D eigenvalue weighted by Crippen LogP contribution is -2.28. The molecule has 0 saturated heterocycles. The second-order valence-corrected chi connectivity index (χ2v) is 4.34. The second kappa shape index (κ2) is 3.57. The summed E-state index contributed by atoms with van der Waals surface area (Å²) in [4.78, 5) is 0. The monoisotopic (exact) mass is 156 g/mol. The molecule has 1 heteroatoms. The Morgan fingerprint density at radius 1 is 1.55 bits per heavy atom. The van der Waals surface area contributed by atoms with Crippen LogP contribution in [0.15, 0.2) is 0 Å². The van der Waals surface area contributed by atoms with Crippen molar-refractivity contribution in [3.05, 3.63) is 0 Å². The van der Waals surface area contributed by atoms with Crippen molar-refractivity contribution in [1.29, 1.82) is 0 Å². The van der Waals surface area contributed by atoms with Gasteiger partial charge in [-0.05, 0) is 24.2 Å². The van der Waals surface area contributed by atoms with E-state index in [-0.39, 0.29) is 5.41 Å². The van der Waals surface area contributed by atoms with Crippen LogP contribution in [0, 0.1) is 11.3 Å². The molecule has 66 valence electrons. The maximum atomic E-state index is 9.16. The van der Waals surface area contributed by atoms with Gasteiger partial charge >= 0.3 is 0 Å². The topological polar surface area (TPSA) is 20.2 Å². The average Bonchev–Trinajstić information content (AvgIpc) is 2.05. The Labute approximate surface area is 69.8 Å². The van der Waals surface area contributed by atoms with Gasteiger partial charge in [-0.2, -0.15) is 0 Å². The van der Waals surface area contributed by atoms with Gasteiger partial charge in [0.15, 0.2) is 0 Å². The zero-order valence-electron chi connectivity index (χ0n) is 7.77. The Balaban J connectivity index is 2.44. The lowest BCUT2D eigenvalue weighted by atomic mass is 9.71. The van der Waals surface area contributed by atoms with Crippen LogP contribution in [0.1, 0.15) is 46.0 Å². The van der Waals surface area contributed by atoms with Crippen molar-refractivity contribution in [3.8, 4) is 0 Å². The Kier molecular flexibility index (Phi) is 2.94. The van der Waals surface area contributed by atoms with Crippen molar-refractivity contribution >= 4 is 0 Å². The molecule has 1 fully saturated rings. The van der Waals surface area contributed by atoms with Gasteiger partial charge in [-0.1, -0.05) is 33.1 Å². The summed E-state index contributed by atoms with van der Waals surface area (Å²) < 4.78 is 0. The van der Waals surface area contributed by atoms with Crippen molar-refractivity contribution in [2.24, 2.45) is 11.3 Å². The largest absolute Gasteiger partial charge is 0.396 e. The van der Waals surface area contributed by atoms with Gasteiger partial charge in [0.25, 0.3) is 0 Å². The molecule has 1 nitrogen and oxygen atoms in total. The molecular weight excluding hydrogens is 136 g/mol. The van der Waals surface area contributed by atoms with Crippen LogP contribution < -0.4 is 0 Å². The van der Waals surface area contributed by atoms with E-state index in [9.17, 15) is 0 Å². The molecule has 0 aromatic rings. The van der Waals surface area contributed by atoms with Crippen LogP contribution >= 0.6 is 0 Å². The van der Waals surface area contributed by atoms with E-state index in [1.165, 1.54) is 32.1 Å². The van der Waals surface area contributed by atoms with Crippen LogP contribution in [0.2, 0.25) is 0 Å². The molecular formula is C10H20O. The molecule has 1 saturated carbocycles. The van der Waals surface area contributed by atoms with Crippen molar-refractivity contribution in [2.75, 3.05) is 6.61 Å². The first kappa shape index (κ1) is 9.05. The van der Waals surface area contributed by atoms with E-state index < -0.39 is 0 Å². The van der Waals surface area contributed by atoms with Crippen molar-refractivity contribution in [3.63, 3.8) is 0 Å². The number of aliphatic hydroxyl groups excluding tert-OH is 1. The van der Waals surface area contributed by atoms with Crippen LogP contribution in [0.4, 0.5) is 0 Å². The Morgan fingerprint density at radius 3 is 2.82 bits per heavy atom. The van der Waals surface area contributed by atoms with Gasteiger partial charge in [-0.25, -0.2) is 0 Å². The van der Waals surface area contributed by atoms with Crippen LogP contribution in [-0.4, -0.2) is 11.7 Å². The SMILES string of the molecule is CCC1CCCC(C)(CO)C1. The summed E-state index contributed by atoms with van der Waals surface area (Å²) in [5.74, 6) is 0.876. The third-order valence-electron chi connectivity index (χ3n) is 3.13. The van der Waals surface area contributed by atoms with Crippen LogP contribution in [0.5, 0.6) is 0 Å². The molecule has 0 aromatic carbocycles. The molecule has 0 bridgehead atoms. The Hall–Kier alpha value is -0.0400. The summed E-state index contributed by atoms with van der Waals surface area (Å²) in [5, 5.41) is 9.16. The van der Waals surface area contributed by atoms with E-state index in [2.05, 4.69) is 13.8 Å². The number of hydrogen-bond acceptors (Lipinski definition) is 1. The highest BCUT2D eigenvalue weighted by atomic mass is 16.3. The Bertz CT molecular complexity index is 122. The van der Waals surface area contributed by atoms with Crippen LogP contribution in [0.25, 0.3) is 0 Å². The molecule has 1 rings (SSSR count). The zero-order chi connectivity index (χ0) is 8.32. The molecule has 0 heterocycles. The number of hydrogen-bond donors (Lipinski definition) is 1. The highest BCUT2D eigenvalue weighted by Crippen LogP contribution is 2.39. The molecule has 1 aliphatic rings. The highest BCUT2D eigenvalue weighted by Gasteiger charge is 2.30. The predicted octanol–water partition coefficient (Wildman–Crippen LogP) is 2.59. The van der Waals surface area contributed by atoms with Gasteiger partial charge in [0.1, 0.15) is 0 Å². The summed E-state index contributed by atoms with van der Waals surface area (Å²) in [6.45, 7) is 4.85. The van der Waals surface area contributed by atoms with Crippen molar-refractivity contribution in [2.45, 2.75) is 46.0 Å². The van der Waals surface area contributed by atoms with Gasteiger partial charge in [0.2, 0.25) is 0 Å². The van der Waals surface area contributed by atoms with Gasteiger partial charge < -0.3 is 5.11 Å². The maximum Gasteiger partial charge on any atom is 0.0484 e. The standard InChI is InChI=1S/C10H20O/c1-3-9-5-4-6-10(2,7-9)8-11/h9,11H,3-8H2,1-2H3. The third-order valence-corrected chi connectivity index (χ3v) is 3.13. The average molecular weight is 156 g/mol. The van der Waals surface area contributed by atoms with Gasteiger partial charge in [-0.15, -0.1) is 0 Å². The van der Waals surface area contributed by atoms with E-state index in [4.69, 9.17) is 5.11 Å². The molecule has 0 spiro atoms. The summed E-state index contributed by atoms with van der Waals surface area (Å²) in [6, 6.07) is 0. The normalized spacial score (nSPS) is 39.0. The summed E-state index contributed by atoms with van der Waals surface area (Å²) in [6.07, 6.45) is 6.44. The van der Waals surface area contributed by atoms with E-state index in [1.54, 1.807) is 0 Å². The lowest BCUT2D eigenvalue weighted by molar-refractivity contribution is 0.0723. The van der Waals surface area contributed by atoms with Crippen molar-refractivity contribution in [1.82, 2.24) is 0 Å². The molecule has 0 radical (unpaired) electrons. The minimum atomic E-state index is 0.249. The van der Waals surface area contributed by atoms with E-state index in [0.717, 1.165) is 5.92 Å². The van der Waals surface area contributed by atoms with Gasteiger partial charge in [0, 0.05) is 6.61 Å². The summed E-state index contributed by atoms with van der Waals surface area (Å²) in [5.41, 5.74) is 0.249. The molecule has 1 N–H and O–H groups in total. The Morgan fingerprint density at radius 2 is 2.27 bits per heavy atom. The van der Waals surface area contributed by atoms with Crippen LogP contribution in [-0.2, 0) is 0 Å². The molecule has 11 heavy (non-hydrogen) atoms. The maximum absolute atomic E-state index is 9.16. The number of rotatable bonds is 2. The van der Waals surface area contributed by atoms with Crippen LogP contribution in [0.3, 0.4) is 0 Å². The lowest BCUT2D eigenvalue weighted by Gasteiger charge is -2.36. The smallest absolute Gasteiger partial charge is 0.0484 e. The fourth-order valence-corrected chi connectivity index (χ4v) is 2.21. The fourth-order valence-electron chi connectivity index (χ4n) is 2.21. The molecule has 0 amide bonds. The minimum Gasteiger partial charge on any atom is -0.396 e. The summed E-state index contributed by atoms with van der Waals surface area (Å²) >= 11 is 0. The number of aliphatic hydroxyl groups is 1. The molecule has 0 aliphatic heterocycles. The van der Waals surface area contributed by atoms with E-state index in [1.807, 2.05) is 0 Å².